The quantitative estimate of drug-likeness (QED) is 0.669. The van der Waals surface area contributed by atoms with Gasteiger partial charge >= 0.3 is 0 Å². The second kappa shape index (κ2) is 5.02. The summed E-state index contributed by atoms with van der Waals surface area (Å²) in [6.45, 7) is 1.51. The van der Waals surface area contributed by atoms with Crippen LogP contribution in [0.3, 0.4) is 0 Å². The Bertz CT molecular complexity index is 800. The molecule has 0 aliphatic carbocycles. The first-order valence-corrected chi connectivity index (χ1v) is 7.12. The Morgan fingerprint density at radius 3 is 2.25 bits per heavy atom. The molecule has 2 aromatic carbocycles. The predicted molar refractivity (Wildman–Crippen MR) is 81.7 cm³/mol. The Morgan fingerprint density at radius 1 is 0.900 bits per heavy atom. The Balaban J connectivity index is 2.24. The summed E-state index contributed by atoms with van der Waals surface area (Å²) in [5.41, 5.74) is 1.15. The molecule has 98 valence electrons. The minimum Gasteiger partial charge on any atom is -0.294 e. The van der Waals surface area contributed by atoms with Crippen LogP contribution in [0.2, 0.25) is 0 Å². The number of hydrogen-bond donors (Lipinski definition) is 0. The number of ketones is 2. The molecule has 0 bridgehead atoms. The molecule has 1 heterocycles. The molecule has 0 amide bonds. The summed E-state index contributed by atoms with van der Waals surface area (Å²) in [6, 6.07) is 16.7. The third kappa shape index (κ3) is 2.06. The van der Waals surface area contributed by atoms with Crippen LogP contribution in [0.25, 0.3) is 10.1 Å². The van der Waals surface area contributed by atoms with Gasteiger partial charge in [0.2, 0.25) is 5.78 Å². The number of benzene rings is 2. The molecule has 20 heavy (non-hydrogen) atoms. The SMILES string of the molecule is CC(=O)c1c(C(=O)c2ccccc2)sc2ccccc12. The van der Waals surface area contributed by atoms with E-state index in [0.717, 1.165) is 10.1 Å². The summed E-state index contributed by atoms with van der Waals surface area (Å²) in [7, 11) is 0. The number of rotatable bonds is 3. The van der Waals surface area contributed by atoms with Gasteiger partial charge in [-0.25, -0.2) is 0 Å². The normalized spacial score (nSPS) is 10.7. The zero-order valence-electron chi connectivity index (χ0n) is 10.9. The third-order valence-corrected chi connectivity index (χ3v) is 4.36. The molecule has 0 saturated carbocycles. The molecule has 0 atom stereocenters. The number of fused-ring (bicyclic) bond motifs is 1. The lowest BCUT2D eigenvalue weighted by Crippen LogP contribution is -2.04. The molecule has 3 rings (SSSR count). The molecule has 0 aliphatic heterocycles. The fourth-order valence-electron chi connectivity index (χ4n) is 2.28. The van der Waals surface area contributed by atoms with E-state index in [0.29, 0.717) is 16.0 Å². The summed E-state index contributed by atoms with van der Waals surface area (Å²) in [5.74, 6) is -0.154. The van der Waals surface area contributed by atoms with Gasteiger partial charge in [-0.3, -0.25) is 9.59 Å². The molecule has 0 N–H and O–H groups in total. The highest BCUT2D eigenvalue weighted by Crippen LogP contribution is 2.33. The van der Waals surface area contributed by atoms with E-state index < -0.39 is 0 Å². The molecule has 0 saturated heterocycles. The molecular formula is C17H12O2S. The van der Waals surface area contributed by atoms with Crippen molar-refractivity contribution >= 4 is 33.0 Å². The van der Waals surface area contributed by atoms with Crippen molar-refractivity contribution in [2.24, 2.45) is 0 Å². The van der Waals surface area contributed by atoms with Crippen molar-refractivity contribution < 1.29 is 9.59 Å². The average Bonchev–Trinajstić information content (AvgIpc) is 2.86. The molecule has 1 aromatic heterocycles. The van der Waals surface area contributed by atoms with Gasteiger partial charge in [0, 0.05) is 21.2 Å². The molecule has 3 heteroatoms. The Morgan fingerprint density at radius 2 is 1.55 bits per heavy atom. The van der Waals surface area contributed by atoms with Gasteiger partial charge in [-0.15, -0.1) is 11.3 Å². The highest BCUT2D eigenvalue weighted by molar-refractivity contribution is 7.21. The topological polar surface area (TPSA) is 34.1 Å². The highest BCUT2D eigenvalue weighted by atomic mass is 32.1. The lowest BCUT2D eigenvalue weighted by molar-refractivity contribution is 0.0994. The summed E-state index contributed by atoms with van der Waals surface area (Å²) in [5, 5.41) is 0.865. The van der Waals surface area contributed by atoms with E-state index in [1.807, 2.05) is 42.5 Å². The monoisotopic (exact) mass is 280 g/mol. The summed E-state index contributed by atoms with van der Waals surface area (Å²) in [6.07, 6.45) is 0. The average molecular weight is 280 g/mol. The first kappa shape index (κ1) is 12.8. The van der Waals surface area contributed by atoms with Crippen molar-refractivity contribution in [2.45, 2.75) is 6.92 Å². The van der Waals surface area contributed by atoms with Gasteiger partial charge in [0.1, 0.15) is 0 Å². The van der Waals surface area contributed by atoms with Gasteiger partial charge < -0.3 is 0 Å². The fourth-order valence-corrected chi connectivity index (χ4v) is 3.49. The number of hydrogen-bond acceptors (Lipinski definition) is 3. The van der Waals surface area contributed by atoms with E-state index in [2.05, 4.69) is 0 Å². The second-order valence-corrected chi connectivity index (χ2v) is 5.61. The fraction of sp³-hybridized carbons (Fsp3) is 0.0588. The first-order chi connectivity index (χ1) is 9.68. The third-order valence-electron chi connectivity index (χ3n) is 3.19. The molecular weight excluding hydrogens is 268 g/mol. The second-order valence-electron chi connectivity index (χ2n) is 4.55. The van der Waals surface area contributed by atoms with E-state index in [-0.39, 0.29) is 11.6 Å². The molecule has 0 fully saturated rings. The van der Waals surface area contributed by atoms with E-state index in [1.165, 1.54) is 18.3 Å². The number of carbonyl (C=O) groups excluding carboxylic acids is 2. The largest absolute Gasteiger partial charge is 0.294 e. The number of thiophene rings is 1. The highest BCUT2D eigenvalue weighted by Gasteiger charge is 2.21. The molecule has 0 unspecified atom stereocenters. The smallest absolute Gasteiger partial charge is 0.203 e. The maximum Gasteiger partial charge on any atom is 0.203 e. The minimum absolute atomic E-state index is 0.0678. The zero-order chi connectivity index (χ0) is 14.1. The Hall–Kier alpha value is -2.26. The molecule has 2 nitrogen and oxygen atoms in total. The van der Waals surface area contributed by atoms with Crippen molar-refractivity contribution in [3.63, 3.8) is 0 Å². The van der Waals surface area contributed by atoms with Gasteiger partial charge in [0.05, 0.1) is 4.88 Å². The summed E-state index contributed by atoms with van der Waals surface area (Å²) >= 11 is 1.38. The van der Waals surface area contributed by atoms with Crippen molar-refractivity contribution in [3.05, 3.63) is 70.6 Å². The van der Waals surface area contributed by atoms with Crippen LogP contribution in [-0.4, -0.2) is 11.6 Å². The zero-order valence-corrected chi connectivity index (χ0v) is 11.7. The number of Topliss-reactive ketones (excluding diaryl/α,β-unsaturated/α-hetero) is 1. The maximum absolute atomic E-state index is 12.6. The predicted octanol–water partition coefficient (Wildman–Crippen LogP) is 4.33. The lowest BCUT2D eigenvalue weighted by Gasteiger charge is -2.01. The van der Waals surface area contributed by atoms with E-state index in [1.54, 1.807) is 12.1 Å². The van der Waals surface area contributed by atoms with E-state index in [9.17, 15) is 9.59 Å². The van der Waals surface area contributed by atoms with E-state index in [4.69, 9.17) is 0 Å². The van der Waals surface area contributed by atoms with Crippen LogP contribution in [0.5, 0.6) is 0 Å². The van der Waals surface area contributed by atoms with Crippen molar-refractivity contribution in [1.82, 2.24) is 0 Å². The Labute approximate surface area is 120 Å². The van der Waals surface area contributed by atoms with Crippen molar-refractivity contribution in [2.75, 3.05) is 0 Å². The first-order valence-electron chi connectivity index (χ1n) is 6.30. The van der Waals surface area contributed by atoms with Crippen LogP contribution in [0.1, 0.15) is 32.5 Å². The van der Waals surface area contributed by atoms with Crippen LogP contribution in [0, 0.1) is 0 Å². The van der Waals surface area contributed by atoms with Gasteiger partial charge in [0.25, 0.3) is 0 Å². The molecule has 0 radical (unpaired) electrons. The lowest BCUT2D eigenvalue weighted by atomic mass is 10.0. The van der Waals surface area contributed by atoms with Crippen LogP contribution in [0.4, 0.5) is 0 Å². The van der Waals surface area contributed by atoms with E-state index >= 15 is 0 Å². The summed E-state index contributed by atoms with van der Waals surface area (Å²) in [4.78, 5) is 25.1. The van der Waals surface area contributed by atoms with Crippen LogP contribution in [0.15, 0.2) is 54.6 Å². The van der Waals surface area contributed by atoms with Gasteiger partial charge in [0.15, 0.2) is 5.78 Å². The van der Waals surface area contributed by atoms with Gasteiger partial charge in [-0.1, -0.05) is 48.5 Å². The van der Waals surface area contributed by atoms with Crippen LogP contribution < -0.4 is 0 Å². The van der Waals surface area contributed by atoms with Crippen LogP contribution in [-0.2, 0) is 0 Å². The standard InChI is InChI=1S/C17H12O2S/c1-11(18)15-13-9-5-6-10-14(13)20-17(15)16(19)12-7-3-2-4-8-12/h2-10H,1H3. The molecule has 0 aliphatic rings. The number of carbonyl (C=O) groups is 2. The minimum atomic E-state index is -0.0861. The van der Waals surface area contributed by atoms with Gasteiger partial charge in [-0.2, -0.15) is 0 Å². The van der Waals surface area contributed by atoms with Crippen LogP contribution >= 0.6 is 11.3 Å². The molecule has 0 spiro atoms. The molecule has 3 aromatic rings. The van der Waals surface area contributed by atoms with Crippen molar-refractivity contribution in [1.29, 1.82) is 0 Å². The Kier molecular flexibility index (Phi) is 3.20. The van der Waals surface area contributed by atoms with Gasteiger partial charge in [-0.05, 0) is 13.0 Å². The maximum atomic E-state index is 12.6. The summed E-state index contributed by atoms with van der Waals surface area (Å²) < 4.78 is 0.969. The van der Waals surface area contributed by atoms with Crippen molar-refractivity contribution in [3.8, 4) is 0 Å².